The van der Waals surface area contributed by atoms with Gasteiger partial charge >= 0.3 is 0 Å². The molecule has 1 aromatic carbocycles. The first-order valence-corrected chi connectivity index (χ1v) is 7.50. The number of hydrogen-bond donors (Lipinski definition) is 0. The molecule has 110 valence electrons. The average Bonchev–Trinajstić information content (AvgIpc) is 2.40. The number of piperidine rings is 1. The highest BCUT2D eigenvalue weighted by molar-refractivity contribution is 5.96. The third-order valence-electron chi connectivity index (χ3n) is 4.40. The summed E-state index contributed by atoms with van der Waals surface area (Å²) < 4.78 is 13.5. The minimum absolute atomic E-state index is 0.0368. The van der Waals surface area contributed by atoms with Crippen LogP contribution in [0.5, 0.6) is 0 Å². The predicted octanol–water partition coefficient (Wildman–Crippen LogP) is 3.83. The number of nitrogens with zero attached hydrogens (tertiary/aromatic N) is 1. The van der Waals surface area contributed by atoms with Gasteiger partial charge < -0.3 is 4.90 Å². The van der Waals surface area contributed by atoms with E-state index in [0.29, 0.717) is 23.6 Å². The van der Waals surface area contributed by atoms with Gasteiger partial charge in [-0.2, -0.15) is 0 Å². The van der Waals surface area contributed by atoms with E-state index in [4.69, 9.17) is 0 Å². The second kappa shape index (κ2) is 6.49. The molecule has 2 nitrogen and oxygen atoms in total. The Morgan fingerprint density at radius 3 is 2.80 bits per heavy atom. The van der Waals surface area contributed by atoms with E-state index >= 15 is 0 Å². The van der Waals surface area contributed by atoms with Gasteiger partial charge in [0.15, 0.2) is 5.78 Å². The van der Waals surface area contributed by atoms with Crippen molar-refractivity contribution < 1.29 is 9.18 Å². The molecule has 0 saturated carbocycles. The molecule has 3 heteroatoms. The van der Waals surface area contributed by atoms with Crippen LogP contribution in [0.4, 0.5) is 4.39 Å². The van der Waals surface area contributed by atoms with Crippen LogP contribution >= 0.6 is 0 Å². The summed E-state index contributed by atoms with van der Waals surface area (Å²) in [5.74, 6) is 0.522. The highest BCUT2D eigenvalue weighted by Crippen LogP contribution is 2.22. The van der Waals surface area contributed by atoms with Crippen molar-refractivity contribution in [2.45, 2.75) is 46.1 Å². The molecule has 1 fully saturated rings. The zero-order valence-electron chi connectivity index (χ0n) is 12.7. The van der Waals surface area contributed by atoms with Crippen LogP contribution in [0.25, 0.3) is 0 Å². The molecular weight excluding hydrogens is 253 g/mol. The van der Waals surface area contributed by atoms with Crippen molar-refractivity contribution in [1.29, 1.82) is 0 Å². The number of ketones is 1. The molecule has 2 atom stereocenters. The lowest BCUT2D eigenvalue weighted by molar-refractivity contribution is 0.0909. The molecule has 1 heterocycles. The van der Waals surface area contributed by atoms with E-state index < -0.39 is 0 Å². The number of rotatable bonds is 4. The van der Waals surface area contributed by atoms with Gasteiger partial charge in [0.05, 0.1) is 0 Å². The van der Waals surface area contributed by atoms with Crippen molar-refractivity contribution in [3.05, 3.63) is 35.1 Å². The van der Waals surface area contributed by atoms with Crippen molar-refractivity contribution in [3.63, 3.8) is 0 Å². The van der Waals surface area contributed by atoms with Crippen molar-refractivity contribution >= 4 is 5.78 Å². The maximum absolute atomic E-state index is 13.5. The number of aryl methyl sites for hydroxylation is 1. The summed E-state index contributed by atoms with van der Waals surface area (Å²) in [6, 6.07) is 5.30. The summed E-state index contributed by atoms with van der Waals surface area (Å²) in [6.45, 7) is 8.07. The van der Waals surface area contributed by atoms with Crippen LogP contribution in [0.3, 0.4) is 0 Å². The van der Waals surface area contributed by atoms with Crippen molar-refractivity contribution in [2.24, 2.45) is 5.92 Å². The second-order valence-corrected chi connectivity index (χ2v) is 6.15. The standard InChI is InChI=1S/C17H24FNO/c1-12-6-8-19(14(3)10-12)9-7-17(20)15-5-4-13(2)16(18)11-15/h4-5,11-12,14H,6-10H2,1-3H3. The van der Waals surface area contributed by atoms with E-state index in [2.05, 4.69) is 18.7 Å². The third-order valence-corrected chi connectivity index (χ3v) is 4.40. The summed E-state index contributed by atoms with van der Waals surface area (Å²) in [5.41, 5.74) is 1.08. The minimum Gasteiger partial charge on any atom is -0.300 e. The van der Waals surface area contributed by atoms with Gasteiger partial charge in [-0.15, -0.1) is 0 Å². The number of Topliss-reactive ketones (excluding diaryl/α,β-unsaturated/α-hetero) is 1. The van der Waals surface area contributed by atoms with Crippen LogP contribution in [0.15, 0.2) is 18.2 Å². The van der Waals surface area contributed by atoms with Gasteiger partial charge in [-0.3, -0.25) is 4.79 Å². The van der Waals surface area contributed by atoms with Gasteiger partial charge in [0.2, 0.25) is 0 Å². The summed E-state index contributed by atoms with van der Waals surface area (Å²) in [5, 5.41) is 0. The Hall–Kier alpha value is -1.22. The number of carbonyl (C=O) groups excluding carboxylic acids is 1. The fourth-order valence-electron chi connectivity index (χ4n) is 2.94. The van der Waals surface area contributed by atoms with Gasteiger partial charge in [-0.05, 0) is 50.8 Å². The first kappa shape index (κ1) is 15.2. The largest absolute Gasteiger partial charge is 0.300 e. The van der Waals surface area contributed by atoms with E-state index in [-0.39, 0.29) is 11.6 Å². The van der Waals surface area contributed by atoms with Crippen LogP contribution in [0.2, 0.25) is 0 Å². The Morgan fingerprint density at radius 1 is 1.40 bits per heavy atom. The quantitative estimate of drug-likeness (QED) is 0.780. The normalized spacial score (nSPS) is 23.8. The molecule has 2 unspecified atom stereocenters. The molecule has 0 bridgehead atoms. The molecular formula is C17H24FNO. The highest BCUT2D eigenvalue weighted by Gasteiger charge is 2.23. The van der Waals surface area contributed by atoms with Crippen LogP contribution < -0.4 is 0 Å². The number of hydrogen-bond acceptors (Lipinski definition) is 2. The maximum Gasteiger partial charge on any atom is 0.164 e. The molecule has 1 aliphatic rings. The van der Waals surface area contributed by atoms with E-state index in [0.717, 1.165) is 19.0 Å². The van der Waals surface area contributed by atoms with Crippen LogP contribution in [-0.4, -0.2) is 29.8 Å². The van der Waals surface area contributed by atoms with Crippen LogP contribution in [0.1, 0.15) is 49.0 Å². The molecule has 20 heavy (non-hydrogen) atoms. The van der Waals surface area contributed by atoms with Crippen molar-refractivity contribution in [3.8, 4) is 0 Å². The topological polar surface area (TPSA) is 20.3 Å². The van der Waals surface area contributed by atoms with Gasteiger partial charge in [0, 0.05) is 24.6 Å². The van der Waals surface area contributed by atoms with E-state index in [1.165, 1.54) is 18.9 Å². The molecule has 0 aliphatic carbocycles. The summed E-state index contributed by atoms with van der Waals surface area (Å²) in [7, 11) is 0. The minimum atomic E-state index is -0.295. The molecule has 1 aromatic rings. The van der Waals surface area contributed by atoms with E-state index in [1.54, 1.807) is 19.1 Å². The monoisotopic (exact) mass is 277 g/mol. The lowest BCUT2D eigenvalue weighted by Crippen LogP contribution is -2.41. The maximum atomic E-state index is 13.5. The summed E-state index contributed by atoms with van der Waals surface area (Å²) in [6.07, 6.45) is 2.88. The Balaban J connectivity index is 1.90. The number of likely N-dealkylation sites (tertiary alicyclic amines) is 1. The molecule has 0 amide bonds. The fraction of sp³-hybridized carbons (Fsp3) is 0.588. The van der Waals surface area contributed by atoms with E-state index in [9.17, 15) is 9.18 Å². The number of benzene rings is 1. The van der Waals surface area contributed by atoms with Crippen LogP contribution in [-0.2, 0) is 0 Å². The second-order valence-electron chi connectivity index (χ2n) is 6.15. The van der Waals surface area contributed by atoms with Gasteiger partial charge in [-0.1, -0.05) is 19.1 Å². The number of carbonyl (C=O) groups is 1. The Bertz CT molecular complexity index is 486. The number of halogens is 1. The van der Waals surface area contributed by atoms with Crippen molar-refractivity contribution in [2.75, 3.05) is 13.1 Å². The average molecular weight is 277 g/mol. The Labute approximate surface area is 121 Å². The third kappa shape index (κ3) is 3.66. The molecule has 0 N–H and O–H groups in total. The molecule has 0 spiro atoms. The van der Waals surface area contributed by atoms with E-state index in [1.807, 2.05) is 0 Å². The first-order valence-electron chi connectivity index (χ1n) is 7.50. The van der Waals surface area contributed by atoms with Gasteiger partial charge in [0.25, 0.3) is 0 Å². The molecule has 0 aromatic heterocycles. The lowest BCUT2D eigenvalue weighted by atomic mass is 9.93. The first-order chi connectivity index (χ1) is 9.47. The highest BCUT2D eigenvalue weighted by atomic mass is 19.1. The molecule has 1 aliphatic heterocycles. The zero-order chi connectivity index (χ0) is 14.7. The predicted molar refractivity (Wildman–Crippen MR) is 79.5 cm³/mol. The Kier molecular flexibility index (Phi) is 4.92. The molecule has 2 rings (SSSR count). The van der Waals surface area contributed by atoms with Crippen molar-refractivity contribution in [1.82, 2.24) is 4.90 Å². The summed E-state index contributed by atoms with van der Waals surface area (Å²) >= 11 is 0. The molecule has 0 radical (unpaired) electrons. The Morgan fingerprint density at radius 2 is 2.15 bits per heavy atom. The fourth-order valence-corrected chi connectivity index (χ4v) is 2.94. The smallest absolute Gasteiger partial charge is 0.164 e. The zero-order valence-corrected chi connectivity index (χ0v) is 12.7. The van der Waals surface area contributed by atoms with Gasteiger partial charge in [0.1, 0.15) is 5.82 Å². The lowest BCUT2D eigenvalue weighted by Gasteiger charge is -2.36. The summed E-state index contributed by atoms with van der Waals surface area (Å²) in [4.78, 5) is 14.5. The SMILES string of the molecule is Cc1ccc(C(=O)CCN2CCC(C)CC2C)cc1F. The molecule has 1 saturated heterocycles. The van der Waals surface area contributed by atoms with Crippen LogP contribution in [0, 0.1) is 18.7 Å². The van der Waals surface area contributed by atoms with Gasteiger partial charge in [-0.25, -0.2) is 4.39 Å².